The van der Waals surface area contributed by atoms with Crippen LogP contribution in [0, 0.1) is 18.3 Å². The number of hydrogen-bond donors (Lipinski definition) is 1. The van der Waals surface area contributed by atoms with Gasteiger partial charge in [0.25, 0.3) is 0 Å². The molecule has 0 aromatic heterocycles. The van der Waals surface area contributed by atoms with Crippen molar-refractivity contribution in [2.24, 2.45) is 10.9 Å². The molecule has 6 nitrogen and oxygen atoms in total. The number of rotatable bonds is 4. The number of likely N-dealkylation sites (tertiary alicyclic amines) is 1. The van der Waals surface area contributed by atoms with Gasteiger partial charge in [-0.05, 0) is 18.8 Å². The summed E-state index contributed by atoms with van der Waals surface area (Å²) in [6, 6.07) is -0.643. The smallest absolute Gasteiger partial charge is 0.407 e. The molecule has 1 unspecified atom stereocenters. The lowest BCUT2D eigenvalue weighted by Gasteiger charge is -2.31. The molecule has 2 rings (SSSR count). The normalized spacial score (nSPS) is 21.5. The van der Waals surface area contributed by atoms with Gasteiger partial charge in [-0.1, -0.05) is 19.8 Å². The van der Waals surface area contributed by atoms with Crippen molar-refractivity contribution in [3.05, 3.63) is 11.8 Å². The summed E-state index contributed by atoms with van der Waals surface area (Å²) in [6.07, 6.45) is 8.94. The van der Waals surface area contributed by atoms with Crippen LogP contribution in [0.15, 0.2) is 16.8 Å². The fourth-order valence-corrected chi connectivity index (χ4v) is 2.99. The van der Waals surface area contributed by atoms with Crippen molar-refractivity contribution in [3.63, 3.8) is 0 Å². The molecule has 6 heteroatoms. The first-order chi connectivity index (χ1) is 11.0. The minimum atomic E-state index is -0.606. The number of alkyl carbamates (subject to hydrolysis) is 1. The fraction of sp³-hybridized carbons (Fsp3) is 0.588. The SMILES string of the molecule is C#CC1=CN=C([C@@H]2CCCN2C(=O)C(NC(=O)OC)C(C)C)C1. The Hall–Kier alpha value is -2.29. The number of ether oxygens (including phenoxy) is 1. The summed E-state index contributed by atoms with van der Waals surface area (Å²) < 4.78 is 4.62. The van der Waals surface area contributed by atoms with Gasteiger partial charge in [0.15, 0.2) is 0 Å². The van der Waals surface area contributed by atoms with E-state index < -0.39 is 12.1 Å². The Morgan fingerprint density at radius 1 is 1.52 bits per heavy atom. The lowest BCUT2D eigenvalue weighted by molar-refractivity contribution is -0.134. The Morgan fingerprint density at radius 3 is 2.83 bits per heavy atom. The molecule has 1 N–H and O–H groups in total. The molecule has 2 aliphatic rings. The first-order valence-electron chi connectivity index (χ1n) is 7.85. The minimum Gasteiger partial charge on any atom is -0.453 e. The molecular formula is C17H23N3O3. The van der Waals surface area contributed by atoms with Crippen molar-refractivity contribution in [1.82, 2.24) is 10.2 Å². The van der Waals surface area contributed by atoms with E-state index in [0.29, 0.717) is 13.0 Å². The maximum Gasteiger partial charge on any atom is 0.407 e. The van der Waals surface area contributed by atoms with E-state index in [-0.39, 0.29) is 17.9 Å². The van der Waals surface area contributed by atoms with Gasteiger partial charge in [0.2, 0.25) is 5.91 Å². The van der Waals surface area contributed by atoms with E-state index in [1.54, 1.807) is 6.20 Å². The van der Waals surface area contributed by atoms with Gasteiger partial charge >= 0.3 is 6.09 Å². The molecule has 1 saturated heterocycles. The number of nitrogens with one attached hydrogen (secondary N) is 1. The zero-order valence-electron chi connectivity index (χ0n) is 13.8. The Bertz CT molecular complexity index is 586. The second kappa shape index (κ2) is 7.32. The first kappa shape index (κ1) is 17.1. The van der Waals surface area contributed by atoms with Crippen LogP contribution in [0.5, 0.6) is 0 Å². The second-order valence-electron chi connectivity index (χ2n) is 6.14. The van der Waals surface area contributed by atoms with Crippen molar-refractivity contribution < 1.29 is 14.3 Å². The molecule has 2 heterocycles. The van der Waals surface area contributed by atoms with Crippen LogP contribution < -0.4 is 5.32 Å². The number of terminal acetylenes is 1. The summed E-state index contributed by atoms with van der Waals surface area (Å²) in [6.45, 7) is 4.46. The fourth-order valence-electron chi connectivity index (χ4n) is 2.99. The molecule has 0 saturated carbocycles. The molecule has 23 heavy (non-hydrogen) atoms. The van der Waals surface area contributed by atoms with Crippen molar-refractivity contribution in [3.8, 4) is 12.3 Å². The van der Waals surface area contributed by atoms with Gasteiger partial charge in [-0.15, -0.1) is 6.42 Å². The molecule has 2 atom stereocenters. The van der Waals surface area contributed by atoms with Crippen molar-refractivity contribution >= 4 is 17.7 Å². The molecule has 0 radical (unpaired) electrons. The lowest BCUT2D eigenvalue weighted by atomic mass is 10.00. The molecule has 0 aromatic rings. The molecule has 1 fully saturated rings. The third-order valence-electron chi connectivity index (χ3n) is 4.26. The summed E-state index contributed by atoms with van der Waals surface area (Å²) in [4.78, 5) is 30.6. The van der Waals surface area contributed by atoms with E-state index in [1.165, 1.54) is 7.11 Å². The largest absolute Gasteiger partial charge is 0.453 e. The number of amides is 2. The highest BCUT2D eigenvalue weighted by Gasteiger charge is 2.38. The maximum absolute atomic E-state index is 12.9. The number of nitrogens with zero attached hydrogens (tertiary/aromatic N) is 2. The van der Waals surface area contributed by atoms with Gasteiger partial charge in [-0.3, -0.25) is 9.79 Å². The van der Waals surface area contributed by atoms with Crippen molar-refractivity contribution in [1.29, 1.82) is 0 Å². The predicted octanol–water partition coefficient (Wildman–Crippen LogP) is 1.72. The first-order valence-corrected chi connectivity index (χ1v) is 7.85. The molecule has 0 aliphatic carbocycles. The van der Waals surface area contributed by atoms with Crippen LogP contribution in [0.25, 0.3) is 0 Å². The van der Waals surface area contributed by atoms with Gasteiger partial charge in [-0.2, -0.15) is 0 Å². The van der Waals surface area contributed by atoms with Crippen molar-refractivity contribution in [2.45, 2.75) is 45.2 Å². The summed E-state index contributed by atoms with van der Waals surface area (Å²) in [5.41, 5.74) is 1.77. The summed E-state index contributed by atoms with van der Waals surface area (Å²) in [5.74, 6) is 2.48. The maximum atomic E-state index is 12.9. The highest BCUT2D eigenvalue weighted by atomic mass is 16.5. The van der Waals surface area contributed by atoms with Gasteiger partial charge in [0.05, 0.1) is 13.2 Å². The lowest BCUT2D eigenvalue weighted by Crippen LogP contribution is -2.53. The number of carbonyl (C=O) groups excluding carboxylic acids is 2. The minimum absolute atomic E-state index is 0.0345. The monoisotopic (exact) mass is 317 g/mol. The van der Waals surface area contributed by atoms with Crippen LogP contribution >= 0.6 is 0 Å². The highest BCUT2D eigenvalue weighted by Crippen LogP contribution is 2.26. The van der Waals surface area contributed by atoms with E-state index >= 15 is 0 Å². The number of carbonyl (C=O) groups is 2. The Morgan fingerprint density at radius 2 is 2.26 bits per heavy atom. The quantitative estimate of drug-likeness (QED) is 0.803. The molecule has 0 spiro atoms. The summed E-state index contributed by atoms with van der Waals surface area (Å²) in [5, 5.41) is 2.64. The molecule has 124 valence electrons. The number of methoxy groups -OCH3 is 1. The van der Waals surface area contributed by atoms with E-state index in [9.17, 15) is 9.59 Å². The average Bonchev–Trinajstić information content (AvgIpc) is 3.19. The molecule has 2 aliphatic heterocycles. The van der Waals surface area contributed by atoms with Gasteiger partial charge in [0.1, 0.15) is 6.04 Å². The summed E-state index contributed by atoms with van der Waals surface area (Å²) >= 11 is 0. The van der Waals surface area contributed by atoms with Gasteiger partial charge in [0, 0.05) is 30.5 Å². The van der Waals surface area contributed by atoms with E-state index in [4.69, 9.17) is 6.42 Å². The topological polar surface area (TPSA) is 71.0 Å². The van der Waals surface area contributed by atoms with Crippen LogP contribution in [0.2, 0.25) is 0 Å². The third kappa shape index (κ3) is 3.73. The van der Waals surface area contributed by atoms with Gasteiger partial charge < -0.3 is 15.0 Å². The van der Waals surface area contributed by atoms with Crippen molar-refractivity contribution in [2.75, 3.05) is 13.7 Å². The highest BCUT2D eigenvalue weighted by molar-refractivity contribution is 5.98. The number of hydrogen-bond acceptors (Lipinski definition) is 4. The van der Waals surface area contributed by atoms with Crippen LogP contribution in [0.4, 0.5) is 4.79 Å². The summed E-state index contributed by atoms with van der Waals surface area (Å²) in [7, 11) is 1.29. The van der Waals surface area contributed by atoms with Gasteiger partial charge in [-0.25, -0.2) is 4.79 Å². The van der Waals surface area contributed by atoms with E-state index in [2.05, 4.69) is 21.0 Å². The number of allylic oxidation sites excluding steroid dienone is 1. The standard InChI is InChI=1S/C17H23N3O3/c1-5-12-9-13(18-10-12)14-7-6-8-20(14)16(21)15(11(2)3)19-17(22)23-4/h1,10-11,14-15H,6-9H2,2-4H3,(H,19,22)/t14-,15?/m0/s1. The zero-order valence-corrected chi connectivity index (χ0v) is 13.8. The molecule has 0 bridgehead atoms. The van der Waals surface area contributed by atoms with Crippen LogP contribution in [-0.2, 0) is 9.53 Å². The number of aliphatic imine (C=N–C) groups is 1. The average molecular weight is 317 g/mol. The van der Waals surface area contributed by atoms with Crippen LogP contribution in [0.3, 0.4) is 0 Å². The molecule has 0 aromatic carbocycles. The van der Waals surface area contributed by atoms with E-state index in [0.717, 1.165) is 24.1 Å². The molecule has 2 amide bonds. The van der Waals surface area contributed by atoms with Crippen LogP contribution in [-0.4, -0.2) is 48.4 Å². The Kier molecular flexibility index (Phi) is 5.43. The Labute approximate surface area is 137 Å². The van der Waals surface area contributed by atoms with Crippen LogP contribution in [0.1, 0.15) is 33.1 Å². The molecular weight excluding hydrogens is 294 g/mol. The Balaban J connectivity index is 2.10. The predicted molar refractivity (Wildman–Crippen MR) is 87.9 cm³/mol. The second-order valence-corrected chi connectivity index (χ2v) is 6.14. The zero-order chi connectivity index (χ0) is 17.0. The van der Waals surface area contributed by atoms with E-state index in [1.807, 2.05) is 18.7 Å². The third-order valence-corrected chi connectivity index (χ3v) is 4.26.